The van der Waals surface area contributed by atoms with Crippen LogP contribution in [0, 0.1) is 0 Å². The number of thioether (sulfide) groups is 1. The fraction of sp³-hybridized carbons (Fsp3) is 0.227. The van der Waals surface area contributed by atoms with Gasteiger partial charge in [0.05, 0.1) is 11.4 Å². The maximum Gasteiger partial charge on any atom is 0.269 e. The van der Waals surface area contributed by atoms with Crippen molar-refractivity contribution in [2.24, 2.45) is 0 Å². The lowest BCUT2D eigenvalue weighted by molar-refractivity contribution is -0.119. The molecule has 0 saturated heterocycles. The molecule has 154 valence electrons. The number of aromatic nitrogens is 2. The lowest BCUT2D eigenvalue weighted by Gasteiger charge is -2.15. The van der Waals surface area contributed by atoms with Crippen molar-refractivity contribution in [3.63, 3.8) is 0 Å². The summed E-state index contributed by atoms with van der Waals surface area (Å²) in [5, 5.41) is 0.808. The minimum atomic E-state index is -0.359. The van der Waals surface area contributed by atoms with Gasteiger partial charge in [-0.25, -0.2) is 4.98 Å². The van der Waals surface area contributed by atoms with Gasteiger partial charge in [0.2, 0.25) is 5.91 Å². The Bertz CT molecular complexity index is 1050. The number of nitrogens with one attached hydrogen (secondary N) is 2. The summed E-state index contributed by atoms with van der Waals surface area (Å²) in [5.41, 5.74) is 8.82. The SMILES string of the molecule is O=C(CSc1nc2c(n1-c1ccccc1)CCCC2)NNC(=O)c1ccc(Br)cc1. The number of amides is 2. The van der Waals surface area contributed by atoms with E-state index in [2.05, 4.69) is 43.5 Å². The zero-order valence-electron chi connectivity index (χ0n) is 16.2. The van der Waals surface area contributed by atoms with Gasteiger partial charge in [-0.1, -0.05) is 45.9 Å². The van der Waals surface area contributed by atoms with Crippen LogP contribution in [0.25, 0.3) is 5.69 Å². The standard InChI is InChI=1S/C22H21BrN4O2S/c23-16-12-10-15(11-13-16)21(29)26-25-20(28)14-30-22-24-18-8-4-5-9-19(18)27(22)17-6-2-1-3-7-17/h1-3,6-7,10-13H,4-5,8-9,14H2,(H,25,28)(H,26,29). The first-order valence-electron chi connectivity index (χ1n) is 9.75. The van der Waals surface area contributed by atoms with Gasteiger partial charge in [0.25, 0.3) is 5.91 Å². The molecule has 4 rings (SSSR count). The summed E-state index contributed by atoms with van der Waals surface area (Å²) in [7, 11) is 0. The van der Waals surface area contributed by atoms with Gasteiger partial charge in [-0.15, -0.1) is 0 Å². The Morgan fingerprint density at radius 3 is 2.50 bits per heavy atom. The number of aryl methyl sites for hydroxylation is 1. The van der Waals surface area contributed by atoms with Crippen LogP contribution in [0.1, 0.15) is 34.6 Å². The molecule has 0 fully saturated rings. The van der Waals surface area contributed by atoms with E-state index in [9.17, 15) is 9.59 Å². The largest absolute Gasteiger partial charge is 0.292 e. The Morgan fingerprint density at radius 1 is 1.00 bits per heavy atom. The normalized spacial score (nSPS) is 12.8. The van der Waals surface area contributed by atoms with Crippen LogP contribution in [-0.2, 0) is 17.6 Å². The van der Waals surface area contributed by atoms with Gasteiger partial charge >= 0.3 is 0 Å². The first-order chi connectivity index (χ1) is 14.6. The number of imidazole rings is 1. The molecule has 2 aromatic carbocycles. The van der Waals surface area contributed by atoms with Gasteiger partial charge in [0.15, 0.2) is 5.16 Å². The number of hydrogen-bond donors (Lipinski definition) is 2. The van der Waals surface area contributed by atoms with E-state index >= 15 is 0 Å². The molecule has 1 aliphatic carbocycles. The van der Waals surface area contributed by atoms with E-state index in [-0.39, 0.29) is 17.6 Å². The minimum Gasteiger partial charge on any atom is -0.292 e. The Balaban J connectivity index is 1.41. The summed E-state index contributed by atoms with van der Waals surface area (Å²) in [6.45, 7) is 0. The van der Waals surface area contributed by atoms with Gasteiger partial charge in [-0.2, -0.15) is 0 Å². The number of benzene rings is 2. The number of para-hydroxylation sites is 1. The zero-order valence-corrected chi connectivity index (χ0v) is 18.6. The van der Waals surface area contributed by atoms with Crippen LogP contribution in [0.5, 0.6) is 0 Å². The van der Waals surface area contributed by atoms with Gasteiger partial charge in [0, 0.05) is 21.4 Å². The van der Waals surface area contributed by atoms with E-state index in [0.29, 0.717) is 5.56 Å². The number of hydrazine groups is 1. The molecular formula is C22H21BrN4O2S. The third-order valence-corrected chi connectivity index (χ3v) is 6.34. The molecule has 1 heterocycles. The van der Waals surface area contributed by atoms with Crippen molar-refractivity contribution in [2.75, 3.05) is 5.75 Å². The van der Waals surface area contributed by atoms with Crippen molar-refractivity contribution in [2.45, 2.75) is 30.8 Å². The minimum absolute atomic E-state index is 0.156. The van der Waals surface area contributed by atoms with Crippen molar-refractivity contribution in [3.8, 4) is 5.69 Å². The quantitative estimate of drug-likeness (QED) is 0.422. The van der Waals surface area contributed by atoms with Crippen LogP contribution in [-0.4, -0.2) is 27.1 Å². The van der Waals surface area contributed by atoms with Gasteiger partial charge in [0.1, 0.15) is 0 Å². The molecule has 0 atom stereocenters. The van der Waals surface area contributed by atoms with Gasteiger partial charge < -0.3 is 0 Å². The van der Waals surface area contributed by atoms with Crippen LogP contribution in [0.4, 0.5) is 0 Å². The maximum absolute atomic E-state index is 12.3. The highest BCUT2D eigenvalue weighted by molar-refractivity contribution is 9.10. The third-order valence-electron chi connectivity index (χ3n) is 4.87. The average Bonchev–Trinajstić information content (AvgIpc) is 3.15. The van der Waals surface area contributed by atoms with Gasteiger partial charge in [-0.3, -0.25) is 25.0 Å². The molecule has 0 saturated carbocycles. The van der Waals surface area contributed by atoms with E-state index in [1.165, 1.54) is 17.5 Å². The molecule has 0 spiro atoms. The number of carbonyl (C=O) groups is 2. The van der Waals surface area contributed by atoms with E-state index in [0.717, 1.165) is 46.7 Å². The van der Waals surface area contributed by atoms with Crippen molar-refractivity contribution in [3.05, 3.63) is 76.0 Å². The Hall–Kier alpha value is -2.58. The van der Waals surface area contributed by atoms with Gasteiger partial charge in [-0.05, 0) is 62.1 Å². The summed E-state index contributed by atoms with van der Waals surface area (Å²) in [6, 6.07) is 17.0. The number of rotatable bonds is 5. The highest BCUT2D eigenvalue weighted by atomic mass is 79.9. The van der Waals surface area contributed by atoms with Crippen molar-refractivity contribution < 1.29 is 9.59 Å². The smallest absolute Gasteiger partial charge is 0.269 e. The van der Waals surface area contributed by atoms with Crippen LogP contribution >= 0.6 is 27.7 Å². The Morgan fingerprint density at radius 2 is 1.73 bits per heavy atom. The second kappa shape index (κ2) is 9.49. The molecule has 1 aliphatic rings. The molecule has 0 unspecified atom stereocenters. The number of nitrogens with zero attached hydrogens (tertiary/aromatic N) is 2. The van der Waals surface area contributed by atoms with Crippen LogP contribution in [0.2, 0.25) is 0 Å². The summed E-state index contributed by atoms with van der Waals surface area (Å²) in [4.78, 5) is 29.3. The Kier molecular flexibility index (Phi) is 6.54. The molecule has 3 aromatic rings. The molecule has 6 nitrogen and oxygen atoms in total. The van der Waals surface area contributed by atoms with Crippen molar-refractivity contribution in [1.82, 2.24) is 20.4 Å². The van der Waals surface area contributed by atoms with E-state index in [1.54, 1.807) is 24.3 Å². The first kappa shape index (κ1) is 20.7. The van der Waals surface area contributed by atoms with Crippen LogP contribution in [0.15, 0.2) is 64.2 Å². The molecule has 30 heavy (non-hydrogen) atoms. The lowest BCUT2D eigenvalue weighted by Crippen LogP contribution is -2.42. The lowest BCUT2D eigenvalue weighted by atomic mass is 10.0. The molecule has 2 N–H and O–H groups in total. The van der Waals surface area contributed by atoms with E-state index < -0.39 is 0 Å². The maximum atomic E-state index is 12.3. The summed E-state index contributed by atoms with van der Waals surface area (Å²) < 4.78 is 3.04. The average molecular weight is 485 g/mol. The molecule has 0 bridgehead atoms. The predicted octanol–water partition coefficient (Wildman–Crippen LogP) is 4.07. The predicted molar refractivity (Wildman–Crippen MR) is 121 cm³/mol. The van der Waals surface area contributed by atoms with Crippen molar-refractivity contribution in [1.29, 1.82) is 0 Å². The monoisotopic (exact) mass is 484 g/mol. The zero-order chi connectivity index (χ0) is 20.9. The summed E-state index contributed by atoms with van der Waals surface area (Å²) >= 11 is 4.71. The molecular weight excluding hydrogens is 464 g/mol. The summed E-state index contributed by atoms with van der Waals surface area (Å²) in [5.74, 6) is -0.489. The fourth-order valence-corrected chi connectivity index (χ4v) is 4.54. The second-order valence-corrected chi connectivity index (χ2v) is 8.82. The van der Waals surface area contributed by atoms with Crippen molar-refractivity contribution >= 4 is 39.5 Å². The number of fused-ring (bicyclic) bond motifs is 1. The number of carbonyl (C=O) groups excluding carboxylic acids is 2. The molecule has 0 radical (unpaired) electrons. The summed E-state index contributed by atoms with van der Waals surface area (Å²) in [6.07, 6.45) is 4.26. The topological polar surface area (TPSA) is 76.0 Å². The fourth-order valence-electron chi connectivity index (χ4n) is 3.42. The first-order valence-corrected chi connectivity index (χ1v) is 11.5. The number of hydrogen-bond acceptors (Lipinski definition) is 4. The molecule has 0 aliphatic heterocycles. The molecule has 2 amide bonds. The molecule has 8 heteroatoms. The van der Waals surface area contributed by atoms with E-state index in [1.807, 2.05) is 18.2 Å². The number of halogens is 1. The highest BCUT2D eigenvalue weighted by Gasteiger charge is 2.22. The van der Waals surface area contributed by atoms with E-state index in [4.69, 9.17) is 4.98 Å². The van der Waals surface area contributed by atoms with Crippen LogP contribution in [0.3, 0.4) is 0 Å². The third kappa shape index (κ3) is 4.76. The highest BCUT2D eigenvalue weighted by Crippen LogP contribution is 2.30. The molecule has 1 aromatic heterocycles. The van der Waals surface area contributed by atoms with Crippen LogP contribution < -0.4 is 10.9 Å². The Labute approximate surface area is 187 Å². The second-order valence-electron chi connectivity index (χ2n) is 6.96.